The quantitative estimate of drug-likeness (QED) is 0.785. The van der Waals surface area contributed by atoms with Crippen molar-refractivity contribution >= 4 is 21.7 Å². The highest BCUT2D eigenvalue weighted by molar-refractivity contribution is 7.91. The van der Waals surface area contributed by atoms with Crippen molar-refractivity contribution in [2.75, 3.05) is 18.6 Å². The second kappa shape index (κ2) is 6.99. The Morgan fingerprint density at radius 2 is 2.09 bits per heavy atom. The summed E-state index contributed by atoms with van der Waals surface area (Å²) >= 11 is 0. The molecule has 1 saturated heterocycles. The van der Waals surface area contributed by atoms with Crippen molar-refractivity contribution in [1.82, 2.24) is 5.32 Å². The molecule has 23 heavy (non-hydrogen) atoms. The van der Waals surface area contributed by atoms with Gasteiger partial charge in [0.15, 0.2) is 15.9 Å². The van der Waals surface area contributed by atoms with Gasteiger partial charge in [-0.1, -0.05) is 6.07 Å². The van der Waals surface area contributed by atoms with E-state index in [1.54, 1.807) is 25.1 Å². The average molecular weight is 341 g/mol. The largest absolute Gasteiger partial charge is 0.481 e. The molecule has 1 aliphatic heterocycles. The third-order valence-corrected chi connectivity index (χ3v) is 5.28. The summed E-state index contributed by atoms with van der Waals surface area (Å²) in [5.41, 5.74) is 0.319. The SMILES string of the molecule is COC(=O)c1cccc(O[C@H](C)C(=O)N[C@H]2CCS(=O)(=O)C2)c1. The van der Waals surface area contributed by atoms with Crippen molar-refractivity contribution in [3.63, 3.8) is 0 Å². The molecule has 0 radical (unpaired) electrons. The maximum Gasteiger partial charge on any atom is 0.337 e. The molecule has 1 aromatic rings. The van der Waals surface area contributed by atoms with Gasteiger partial charge in [-0.15, -0.1) is 0 Å². The molecule has 1 amide bonds. The molecule has 1 fully saturated rings. The predicted octanol–water partition coefficient (Wildman–Crippen LogP) is 0.544. The van der Waals surface area contributed by atoms with Crippen LogP contribution in [0.4, 0.5) is 0 Å². The van der Waals surface area contributed by atoms with E-state index in [4.69, 9.17) is 4.74 Å². The molecule has 0 spiro atoms. The van der Waals surface area contributed by atoms with Crippen molar-refractivity contribution in [1.29, 1.82) is 0 Å². The van der Waals surface area contributed by atoms with Crippen LogP contribution in [0.5, 0.6) is 5.75 Å². The van der Waals surface area contributed by atoms with E-state index in [1.807, 2.05) is 0 Å². The van der Waals surface area contributed by atoms with E-state index in [-0.39, 0.29) is 17.5 Å². The van der Waals surface area contributed by atoms with Crippen molar-refractivity contribution in [3.8, 4) is 5.75 Å². The van der Waals surface area contributed by atoms with Gasteiger partial charge in [-0.25, -0.2) is 13.2 Å². The van der Waals surface area contributed by atoms with Crippen LogP contribution in [0.2, 0.25) is 0 Å². The number of hydrogen-bond donors (Lipinski definition) is 1. The van der Waals surface area contributed by atoms with Gasteiger partial charge in [-0.05, 0) is 31.5 Å². The molecule has 1 aliphatic rings. The van der Waals surface area contributed by atoms with E-state index in [9.17, 15) is 18.0 Å². The molecular formula is C15H19NO6S. The first-order valence-electron chi connectivity index (χ1n) is 7.16. The Morgan fingerprint density at radius 3 is 2.70 bits per heavy atom. The van der Waals surface area contributed by atoms with Crippen molar-refractivity contribution in [2.24, 2.45) is 0 Å². The lowest BCUT2D eigenvalue weighted by Gasteiger charge is -2.17. The third-order valence-electron chi connectivity index (χ3n) is 3.52. The normalized spacial score (nSPS) is 20.5. The highest BCUT2D eigenvalue weighted by Gasteiger charge is 2.30. The van der Waals surface area contributed by atoms with Crippen LogP contribution in [0.25, 0.3) is 0 Å². The molecule has 0 aliphatic carbocycles. The summed E-state index contributed by atoms with van der Waals surface area (Å²) in [5.74, 6) is -0.480. The van der Waals surface area contributed by atoms with Crippen molar-refractivity contribution < 1.29 is 27.5 Å². The highest BCUT2D eigenvalue weighted by Crippen LogP contribution is 2.16. The van der Waals surface area contributed by atoms with E-state index in [1.165, 1.54) is 13.2 Å². The summed E-state index contributed by atoms with van der Waals surface area (Å²) < 4.78 is 32.9. The van der Waals surface area contributed by atoms with E-state index < -0.39 is 27.8 Å². The summed E-state index contributed by atoms with van der Waals surface area (Å²) in [6, 6.07) is 5.93. The number of carbonyl (C=O) groups excluding carboxylic acids is 2. The minimum Gasteiger partial charge on any atom is -0.481 e. The van der Waals surface area contributed by atoms with Crippen LogP contribution < -0.4 is 10.1 Å². The van der Waals surface area contributed by atoms with Gasteiger partial charge in [-0.3, -0.25) is 4.79 Å². The number of nitrogens with one attached hydrogen (secondary N) is 1. The molecule has 0 saturated carbocycles. The van der Waals surface area contributed by atoms with Gasteiger partial charge < -0.3 is 14.8 Å². The zero-order valence-electron chi connectivity index (χ0n) is 12.9. The summed E-state index contributed by atoms with van der Waals surface area (Å²) in [6.07, 6.45) is -0.398. The number of ether oxygens (including phenoxy) is 2. The molecule has 8 heteroatoms. The Hall–Kier alpha value is -2.09. The van der Waals surface area contributed by atoms with Crippen LogP contribution in [0, 0.1) is 0 Å². The number of amides is 1. The van der Waals surface area contributed by atoms with Gasteiger partial charge >= 0.3 is 5.97 Å². The molecule has 2 atom stereocenters. The lowest BCUT2D eigenvalue weighted by Crippen LogP contribution is -2.43. The van der Waals surface area contributed by atoms with E-state index in [0.717, 1.165) is 0 Å². The second-order valence-corrected chi connectivity index (χ2v) is 7.62. The van der Waals surface area contributed by atoms with Crippen LogP contribution >= 0.6 is 0 Å². The number of esters is 1. The number of benzene rings is 1. The Bertz CT molecular complexity index is 700. The molecule has 1 N–H and O–H groups in total. The van der Waals surface area contributed by atoms with Crippen molar-refractivity contribution in [2.45, 2.75) is 25.5 Å². The van der Waals surface area contributed by atoms with Gasteiger partial charge in [0.1, 0.15) is 5.75 Å². The monoisotopic (exact) mass is 341 g/mol. The zero-order valence-corrected chi connectivity index (χ0v) is 13.8. The number of carbonyl (C=O) groups is 2. The fourth-order valence-corrected chi connectivity index (χ4v) is 3.97. The van der Waals surface area contributed by atoms with E-state index >= 15 is 0 Å². The molecule has 0 unspecified atom stereocenters. The van der Waals surface area contributed by atoms with Crippen LogP contribution in [0.1, 0.15) is 23.7 Å². The first-order valence-corrected chi connectivity index (χ1v) is 8.99. The maximum atomic E-state index is 12.1. The number of sulfone groups is 1. The number of rotatable bonds is 5. The fraction of sp³-hybridized carbons (Fsp3) is 0.467. The summed E-state index contributed by atoms with van der Waals surface area (Å²) in [4.78, 5) is 23.5. The zero-order chi connectivity index (χ0) is 17.0. The Kier molecular flexibility index (Phi) is 5.25. The molecule has 1 heterocycles. The number of hydrogen-bond acceptors (Lipinski definition) is 6. The minimum atomic E-state index is -3.05. The van der Waals surface area contributed by atoms with Gasteiger partial charge in [0.2, 0.25) is 0 Å². The van der Waals surface area contributed by atoms with E-state index in [0.29, 0.717) is 17.7 Å². The number of methoxy groups -OCH3 is 1. The van der Waals surface area contributed by atoms with Crippen molar-refractivity contribution in [3.05, 3.63) is 29.8 Å². The van der Waals surface area contributed by atoms with Crippen LogP contribution in [-0.4, -0.2) is 51.1 Å². The Morgan fingerprint density at radius 1 is 1.35 bits per heavy atom. The van der Waals surface area contributed by atoms with Gasteiger partial charge in [0.25, 0.3) is 5.91 Å². The lowest BCUT2D eigenvalue weighted by atomic mass is 10.2. The minimum absolute atomic E-state index is 0.0384. The topological polar surface area (TPSA) is 98.8 Å². The van der Waals surface area contributed by atoms with Gasteiger partial charge in [0.05, 0.1) is 24.2 Å². The third kappa shape index (κ3) is 4.69. The van der Waals surface area contributed by atoms with Crippen LogP contribution in [-0.2, 0) is 19.4 Å². The van der Waals surface area contributed by atoms with Gasteiger partial charge in [-0.2, -0.15) is 0 Å². The second-order valence-electron chi connectivity index (χ2n) is 5.39. The molecular weight excluding hydrogens is 322 g/mol. The average Bonchev–Trinajstić information content (AvgIpc) is 2.85. The maximum absolute atomic E-state index is 12.1. The van der Waals surface area contributed by atoms with E-state index in [2.05, 4.69) is 10.1 Å². The molecule has 126 valence electrons. The van der Waals surface area contributed by atoms with Gasteiger partial charge in [0, 0.05) is 6.04 Å². The molecule has 0 aromatic heterocycles. The van der Waals surface area contributed by atoms with Crippen LogP contribution in [0.15, 0.2) is 24.3 Å². The molecule has 0 bridgehead atoms. The fourth-order valence-electron chi connectivity index (χ4n) is 2.30. The lowest BCUT2D eigenvalue weighted by molar-refractivity contribution is -0.127. The smallest absolute Gasteiger partial charge is 0.337 e. The van der Waals surface area contributed by atoms with Crippen LogP contribution in [0.3, 0.4) is 0 Å². The molecule has 1 aromatic carbocycles. The first-order chi connectivity index (χ1) is 10.8. The molecule has 2 rings (SSSR count). The Labute approximate surface area is 134 Å². The summed E-state index contributed by atoms with van der Waals surface area (Å²) in [6.45, 7) is 1.56. The summed E-state index contributed by atoms with van der Waals surface area (Å²) in [7, 11) is -1.77. The first kappa shape index (κ1) is 17.3. The Balaban J connectivity index is 1.95. The predicted molar refractivity (Wildman–Crippen MR) is 83.1 cm³/mol. The molecule has 7 nitrogen and oxygen atoms in total. The highest BCUT2D eigenvalue weighted by atomic mass is 32.2. The summed E-state index contributed by atoms with van der Waals surface area (Å²) in [5, 5.41) is 2.67. The standard InChI is InChI=1S/C15H19NO6S/c1-10(14(17)16-12-6-7-23(19,20)9-12)22-13-5-3-4-11(8-13)15(18)21-2/h3-5,8,10,12H,6-7,9H2,1-2H3,(H,16,17)/t10-,12+/m1/s1.